The van der Waals surface area contributed by atoms with Crippen LogP contribution in [0.5, 0.6) is 0 Å². The lowest BCUT2D eigenvalue weighted by molar-refractivity contribution is 0.164. The van der Waals surface area contributed by atoms with Crippen LogP contribution in [-0.4, -0.2) is 23.0 Å². The van der Waals surface area contributed by atoms with E-state index < -0.39 is 0 Å². The fourth-order valence-corrected chi connectivity index (χ4v) is 2.71. The minimum absolute atomic E-state index is 0.572. The van der Waals surface area contributed by atoms with Crippen molar-refractivity contribution in [3.05, 3.63) is 29.0 Å². The first-order valence-electron chi connectivity index (χ1n) is 6.46. The molecular weight excluding hydrogens is 232 g/mol. The maximum Gasteiger partial charge on any atom is 0.129 e. The second-order valence-corrected chi connectivity index (χ2v) is 5.71. The molecule has 1 aliphatic carbocycles. The van der Waals surface area contributed by atoms with Crippen LogP contribution in [0.15, 0.2) is 18.3 Å². The lowest BCUT2D eigenvalue weighted by Crippen LogP contribution is -2.34. The van der Waals surface area contributed by atoms with Crippen LogP contribution >= 0.6 is 11.6 Å². The summed E-state index contributed by atoms with van der Waals surface area (Å²) in [7, 11) is 2.22. The van der Waals surface area contributed by atoms with Gasteiger partial charge in [0, 0.05) is 18.8 Å². The molecule has 1 heterocycles. The highest BCUT2D eigenvalue weighted by molar-refractivity contribution is 6.29. The van der Waals surface area contributed by atoms with E-state index in [9.17, 15) is 0 Å². The largest absolute Gasteiger partial charge is 0.299 e. The summed E-state index contributed by atoms with van der Waals surface area (Å²) in [5, 5.41) is 0.572. The van der Waals surface area contributed by atoms with Gasteiger partial charge in [0.15, 0.2) is 0 Å². The topological polar surface area (TPSA) is 16.1 Å². The molecule has 0 radical (unpaired) electrons. The van der Waals surface area contributed by atoms with Gasteiger partial charge >= 0.3 is 0 Å². The van der Waals surface area contributed by atoms with E-state index in [1.165, 1.54) is 31.2 Å². The molecule has 94 valence electrons. The first-order valence-corrected chi connectivity index (χ1v) is 6.83. The van der Waals surface area contributed by atoms with Crippen LogP contribution in [0.4, 0.5) is 0 Å². The SMILES string of the molecule is CC1CCC(N(C)Cc2ccc(Cl)nc2)CC1. The lowest BCUT2D eigenvalue weighted by atomic mass is 9.86. The monoisotopic (exact) mass is 252 g/mol. The Morgan fingerprint density at radius 2 is 2.00 bits per heavy atom. The fraction of sp³-hybridized carbons (Fsp3) is 0.643. The summed E-state index contributed by atoms with van der Waals surface area (Å²) >= 11 is 5.79. The quantitative estimate of drug-likeness (QED) is 0.762. The Kier molecular flexibility index (Phi) is 4.41. The van der Waals surface area contributed by atoms with Gasteiger partial charge in [-0.1, -0.05) is 24.6 Å². The molecule has 0 spiro atoms. The van der Waals surface area contributed by atoms with Crippen LogP contribution in [0.3, 0.4) is 0 Å². The van der Waals surface area contributed by atoms with Crippen LogP contribution in [0, 0.1) is 5.92 Å². The van der Waals surface area contributed by atoms with Gasteiger partial charge in [0.2, 0.25) is 0 Å². The molecule has 17 heavy (non-hydrogen) atoms. The minimum atomic E-state index is 0.572. The highest BCUT2D eigenvalue weighted by Gasteiger charge is 2.21. The predicted molar refractivity (Wildman–Crippen MR) is 72.1 cm³/mol. The van der Waals surface area contributed by atoms with Gasteiger partial charge in [0.05, 0.1) is 0 Å². The Bertz CT molecular complexity index is 342. The number of aromatic nitrogens is 1. The van der Waals surface area contributed by atoms with Crippen molar-refractivity contribution >= 4 is 11.6 Å². The summed E-state index contributed by atoms with van der Waals surface area (Å²) in [6.07, 6.45) is 7.28. The van der Waals surface area contributed by atoms with E-state index in [0.29, 0.717) is 5.15 Å². The molecule has 0 atom stereocenters. The number of hydrogen-bond acceptors (Lipinski definition) is 2. The van der Waals surface area contributed by atoms with Gasteiger partial charge in [0.1, 0.15) is 5.15 Å². The van der Waals surface area contributed by atoms with Gasteiger partial charge < -0.3 is 0 Å². The zero-order valence-corrected chi connectivity index (χ0v) is 11.5. The molecule has 0 N–H and O–H groups in total. The Morgan fingerprint density at radius 1 is 1.29 bits per heavy atom. The maximum atomic E-state index is 5.79. The van der Waals surface area contributed by atoms with Gasteiger partial charge in [-0.2, -0.15) is 0 Å². The number of hydrogen-bond donors (Lipinski definition) is 0. The van der Waals surface area contributed by atoms with Gasteiger partial charge in [-0.25, -0.2) is 4.98 Å². The van der Waals surface area contributed by atoms with Crippen LogP contribution in [-0.2, 0) is 6.54 Å². The summed E-state index contributed by atoms with van der Waals surface area (Å²) < 4.78 is 0. The van der Waals surface area contributed by atoms with Crippen molar-refractivity contribution in [1.29, 1.82) is 0 Å². The third-order valence-corrected chi connectivity index (χ3v) is 4.05. The minimum Gasteiger partial charge on any atom is -0.299 e. The number of nitrogens with zero attached hydrogens (tertiary/aromatic N) is 2. The van der Waals surface area contributed by atoms with Crippen molar-refractivity contribution in [2.45, 2.75) is 45.2 Å². The molecule has 1 aromatic heterocycles. The normalized spacial score (nSPS) is 25.2. The molecule has 1 fully saturated rings. The van der Waals surface area contributed by atoms with E-state index in [2.05, 4.69) is 29.9 Å². The van der Waals surface area contributed by atoms with E-state index in [-0.39, 0.29) is 0 Å². The van der Waals surface area contributed by atoms with Crippen LogP contribution in [0.1, 0.15) is 38.2 Å². The van der Waals surface area contributed by atoms with Crippen molar-refractivity contribution in [1.82, 2.24) is 9.88 Å². The molecular formula is C14H21ClN2. The van der Waals surface area contributed by atoms with Crippen LogP contribution in [0.25, 0.3) is 0 Å². The molecule has 0 aromatic carbocycles. The summed E-state index contributed by atoms with van der Waals surface area (Å²) in [5.41, 5.74) is 1.25. The first kappa shape index (κ1) is 12.8. The van der Waals surface area contributed by atoms with Crippen molar-refractivity contribution in [2.24, 2.45) is 5.92 Å². The zero-order valence-electron chi connectivity index (χ0n) is 10.7. The molecule has 2 rings (SSSR count). The van der Waals surface area contributed by atoms with E-state index >= 15 is 0 Å². The van der Waals surface area contributed by atoms with Crippen molar-refractivity contribution < 1.29 is 0 Å². The molecule has 0 saturated heterocycles. The van der Waals surface area contributed by atoms with Gasteiger partial charge in [-0.3, -0.25) is 4.90 Å². The van der Waals surface area contributed by atoms with Crippen LogP contribution in [0.2, 0.25) is 5.15 Å². The molecule has 1 saturated carbocycles. The molecule has 2 nitrogen and oxygen atoms in total. The molecule has 0 amide bonds. The standard InChI is InChI=1S/C14H21ClN2/c1-11-3-6-13(7-4-11)17(2)10-12-5-8-14(15)16-9-12/h5,8-9,11,13H,3-4,6-7,10H2,1-2H3. The fourth-order valence-electron chi connectivity index (χ4n) is 2.60. The number of pyridine rings is 1. The molecule has 1 aliphatic rings. The van der Waals surface area contributed by atoms with Gasteiger partial charge in [-0.05, 0) is 50.3 Å². The maximum absolute atomic E-state index is 5.79. The molecule has 0 aliphatic heterocycles. The number of rotatable bonds is 3. The molecule has 1 aromatic rings. The zero-order chi connectivity index (χ0) is 12.3. The predicted octanol–water partition coefficient (Wildman–Crippen LogP) is 3.75. The third-order valence-electron chi connectivity index (χ3n) is 3.83. The Labute approximate surface area is 109 Å². The third kappa shape index (κ3) is 3.68. The van der Waals surface area contributed by atoms with E-state index in [0.717, 1.165) is 18.5 Å². The summed E-state index contributed by atoms with van der Waals surface area (Å²) in [4.78, 5) is 6.58. The Morgan fingerprint density at radius 3 is 2.59 bits per heavy atom. The van der Waals surface area contributed by atoms with Crippen LogP contribution < -0.4 is 0 Å². The molecule has 3 heteroatoms. The lowest BCUT2D eigenvalue weighted by Gasteiger charge is -2.33. The summed E-state index contributed by atoms with van der Waals surface area (Å²) in [6, 6.07) is 4.67. The van der Waals surface area contributed by atoms with Gasteiger partial charge in [-0.15, -0.1) is 0 Å². The van der Waals surface area contributed by atoms with Gasteiger partial charge in [0.25, 0.3) is 0 Å². The van der Waals surface area contributed by atoms with Crippen molar-refractivity contribution in [3.8, 4) is 0 Å². The van der Waals surface area contributed by atoms with E-state index in [1.807, 2.05) is 12.3 Å². The highest BCUT2D eigenvalue weighted by Crippen LogP contribution is 2.27. The smallest absolute Gasteiger partial charge is 0.129 e. The first-order chi connectivity index (χ1) is 8.15. The molecule has 0 bridgehead atoms. The molecule has 0 unspecified atom stereocenters. The average Bonchev–Trinajstić information content (AvgIpc) is 2.33. The summed E-state index contributed by atoms with van der Waals surface area (Å²) in [6.45, 7) is 3.34. The average molecular weight is 253 g/mol. The number of halogens is 1. The Hall–Kier alpha value is -0.600. The second kappa shape index (κ2) is 5.83. The highest BCUT2D eigenvalue weighted by atomic mass is 35.5. The second-order valence-electron chi connectivity index (χ2n) is 5.32. The summed E-state index contributed by atoms with van der Waals surface area (Å²) in [5.74, 6) is 0.914. The Balaban J connectivity index is 1.88. The van der Waals surface area contributed by atoms with Crippen molar-refractivity contribution in [2.75, 3.05) is 7.05 Å². The van der Waals surface area contributed by atoms with E-state index in [1.54, 1.807) is 0 Å². The van der Waals surface area contributed by atoms with E-state index in [4.69, 9.17) is 11.6 Å². The van der Waals surface area contributed by atoms with Crippen molar-refractivity contribution in [3.63, 3.8) is 0 Å².